The van der Waals surface area contributed by atoms with Crippen LogP contribution in [-0.4, -0.2) is 13.7 Å². The normalized spacial score (nSPS) is 10.6. The molecule has 0 aliphatic carbocycles. The van der Waals surface area contributed by atoms with Crippen LogP contribution < -0.4 is 19.5 Å². The van der Waals surface area contributed by atoms with Crippen molar-refractivity contribution in [3.63, 3.8) is 0 Å². The first-order valence-corrected chi connectivity index (χ1v) is 11.4. The van der Waals surface area contributed by atoms with Crippen molar-refractivity contribution in [3.8, 4) is 17.2 Å². The summed E-state index contributed by atoms with van der Waals surface area (Å²) >= 11 is 22.0. The van der Waals surface area contributed by atoms with Crippen molar-refractivity contribution in [1.82, 2.24) is 0 Å². The monoisotopic (exact) mass is 543 g/mol. The number of rotatable bonds is 9. The first kappa shape index (κ1) is 23.9. The van der Waals surface area contributed by atoms with E-state index in [2.05, 4.69) is 21.2 Å². The smallest absolute Gasteiger partial charge is 0.175 e. The molecule has 0 saturated heterocycles. The third kappa shape index (κ3) is 6.36. The molecule has 0 unspecified atom stereocenters. The molecule has 0 atom stereocenters. The second-order valence-electron chi connectivity index (χ2n) is 6.57. The lowest BCUT2D eigenvalue weighted by Gasteiger charge is -2.17. The van der Waals surface area contributed by atoms with Crippen molar-refractivity contribution in [2.45, 2.75) is 20.1 Å². The van der Waals surface area contributed by atoms with Crippen molar-refractivity contribution in [2.75, 3.05) is 19.0 Å². The van der Waals surface area contributed by atoms with E-state index >= 15 is 0 Å². The van der Waals surface area contributed by atoms with Crippen LogP contribution in [0.1, 0.15) is 18.1 Å². The van der Waals surface area contributed by atoms with Crippen molar-refractivity contribution < 1.29 is 14.2 Å². The molecule has 0 spiro atoms. The fraction of sp³-hybridized carbons (Fsp3) is 0.217. The van der Waals surface area contributed by atoms with Crippen LogP contribution in [0.15, 0.2) is 53.0 Å². The molecule has 0 aromatic heterocycles. The number of hydrogen-bond acceptors (Lipinski definition) is 4. The third-order valence-electron chi connectivity index (χ3n) is 4.40. The largest absolute Gasteiger partial charge is 0.495 e. The van der Waals surface area contributed by atoms with Gasteiger partial charge in [-0.15, -0.1) is 0 Å². The topological polar surface area (TPSA) is 39.7 Å². The summed E-state index contributed by atoms with van der Waals surface area (Å²) in [6, 6.07) is 14.8. The maximum Gasteiger partial charge on any atom is 0.175 e. The molecule has 31 heavy (non-hydrogen) atoms. The Labute approximate surface area is 205 Å². The third-order valence-corrected chi connectivity index (χ3v) is 5.88. The molecule has 0 amide bonds. The average molecular weight is 546 g/mol. The molecule has 0 aliphatic heterocycles. The molecule has 0 fully saturated rings. The molecule has 164 valence electrons. The highest BCUT2D eigenvalue weighted by Gasteiger charge is 2.14. The molecule has 3 aromatic rings. The Kier molecular flexibility index (Phi) is 8.61. The summed E-state index contributed by atoms with van der Waals surface area (Å²) in [5.41, 5.74) is 2.74. The van der Waals surface area contributed by atoms with E-state index in [1.165, 1.54) is 0 Å². The van der Waals surface area contributed by atoms with E-state index in [1.807, 2.05) is 43.3 Å². The summed E-state index contributed by atoms with van der Waals surface area (Å²) in [4.78, 5) is 0. The summed E-state index contributed by atoms with van der Waals surface area (Å²) in [6.45, 7) is 3.30. The van der Waals surface area contributed by atoms with Gasteiger partial charge in [0.15, 0.2) is 11.5 Å². The molecule has 4 nitrogen and oxygen atoms in total. The molecule has 0 aliphatic rings. The van der Waals surface area contributed by atoms with E-state index in [1.54, 1.807) is 19.2 Å². The van der Waals surface area contributed by atoms with Crippen molar-refractivity contribution in [2.24, 2.45) is 0 Å². The lowest BCUT2D eigenvalue weighted by Crippen LogP contribution is -2.04. The number of benzene rings is 3. The lowest BCUT2D eigenvalue weighted by molar-refractivity contribution is 0.267. The number of anilines is 1. The molecule has 3 aromatic carbocycles. The Balaban J connectivity index is 1.75. The van der Waals surface area contributed by atoms with Crippen LogP contribution in [0, 0.1) is 0 Å². The Bertz CT molecular complexity index is 1060. The zero-order valence-electron chi connectivity index (χ0n) is 17.0. The fourth-order valence-electron chi connectivity index (χ4n) is 2.90. The second-order valence-corrected chi connectivity index (χ2v) is 8.67. The van der Waals surface area contributed by atoms with Gasteiger partial charge in [-0.1, -0.05) is 40.9 Å². The predicted octanol–water partition coefficient (Wildman–Crippen LogP) is 8.01. The van der Waals surface area contributed by atoms with Crippen LogP contribution in [0.3, 0.4) is 0 Å². The maximum atomic E-state index is 6.26. The van der Waals surface area contributed by atoms with Gasteiger partial charge in [-0.2, -0.15) is 0 Å². The van der Waals surface area contributed by atoms with E-state index in [0.717, 1.165) is 21.3 Å². The average Bonchev–Trinajstić information content (AvgIpc) is 2.73. The Morgan fingerprint density at radius 3 is 2.39 bits per heavy atom. The number of nitrogens with one attached hydrogen (secondary N) is 1. The quantitative estimate of drug-likeness (QED) is 0.296. The van der Waals surface area contributed by atoms with Crippen molar-refractivity contribution in [1.29, 1.82) is 0 Å². The van der Waals surface area contributed by atoms with Gasteiger partial charge in [0.25, 0.3) is 0 Å². The van der Waals surface area contributed by atoms with Crippen LogP contribution >= 0.6 is 50.7 Å². The van der Waals surface area contributed by atoms with E-state index < -0.39 is 0 Å². The molecular formula is C23H21BrCl3NO3. The zero-order chi connectivity index (χ0) is 22.4. The van der Waals surface area contributed by atoms with E-state index in [9.17, 15) is 0 Å². The van der Waals surface area contributed by atoms with Crippen LogP contribution in [0.25, 0.3) is 0 Å². The molecular weight excluding hydrogens is 525 g/mol. The highest BCUT2D eigenvalue weighted by atomic mass is 79.9. The van der Waals surface area contributed by atoms with Crippen molar-refractivity contribution >= 4 is 56.4 Å². The highest BCUT2D eigenvalue weighted by molar-refractivity contribution is 9.10. The Morgan fingerprint density at radius 1 is 0.903 bits per heavy atom. The first-order valence-electron chi connectivity index (χ1n) is 9.50. The first-order chi connectivity index (χ1) is 14.9. The lowest BCUT2D eigenvalue weighted by atomic mass is 10.2. The van der Waals surface area contributed by atoms with Gasteiger partial charge in [0.05, 0.1) is 23.2 Å². The Morgan fingerprint density at radius 2 is 1.71 bits per heavy atom. The summed E-state index contributed by atoms with van der Waals surface area (Å²) in [7, 11) is 1.59. The van der Waals surface area contributed by atoms with Gasteiger partial charge >= 0.3 is 0 Å². The molecule has 1 N–H and O–H groups in total. The molecule has 0 heterocycles. The minimum absolute atomic E-state index is 0.288. The minimum Gasteiger partial charge on any atom is -0.495 e. The van der Waals surface area contributed by atoms with Gasteiger partial charge in [-0.3, -0.25) is 0 Å². The molecule has 3 rings (SSSR count). The van der Waals surface area contributed by atoms with Crippen molar-refractivity contribution in [3.05, 3.63) is 79.2 Å². The van der Waals surface area contributed by atoms with E-state index in [-0.39, 0.29) is 6.61 Å². The van der Waals surface area contributed by atoms with Crippen LogP contribution in [0.4, 0.5) is 5.69 Å². The fourth-order valence-corrected chi connectivity index (χ4v) is 4.22. The molecule has 8 heteroatoms. The minimum atomic E-state index is 0.288. The maximum absolute atomic E-state index is 6.26. The molecule has 0 radical (unpaired) electrons. The zero-order valence-corrected chi connectivity index (χ0v) is 20.8. The van der Waals surface area contributed by atoms with Gasteiger partial charge in [-0.25, -0.2) is 0 Å². The van der Waals surface area contributed by atoms with Gasteiger partial charge in [0.2, 0.25) is 0 Å². The van der Waals surface area contributed by atoms with Crippen LogP contribution in [0.2, 0.25) is 15.1 Å². The summed E-state index contributed by atoms with van der Waals surface area (Å²) in [6.07, 6.45) is 0. The van der Waals surface area contributed by atoms with Gasteiger partial charge in [0.1, 0.15) is 12.4 Å². The number of halogens is 4. The summed E-state index contributed by atoms with van der Waals surface area (Å²) < 4.78 is 17.8. The van der Waals surface area contributed by atoms with Crippen LogP contribution in [-0.2, 0) is 13.2 Å². The number of hydrogen-bond donors (Lipinski definition) is 1. The molecule has 0 bridgehead atoms. The van der Waals surface area contributed by atoms with Crippen LogP contribution in [0.5, 0.6) is 17.2 Å². The summed E-state index contributed by atoms with van der Waals surface area (Å²) in [5.74, 6) is 1.89. The van der Waals surface area contributed by atoms with E-state index in [4.69, 9.17) is 49.0 Å². The number of methoxy groups -OCH3 is 1. The van der Waals surface area contributed by atoms with E-state index in [0.29, 0.717) is 45.5 Å². The predicted molar refractivity (Wildman–Crippen MR) is 131 cm³/mol. The second kappa shape index (κ2) is 11.2. The Hall–Kier alpha value is -1.79. The number of ether oxygens (including phenoxy) is 3. The SMILES string of the molecule is CCOc1cc(CNc2ccc(OC)c(Cl)c2)cc(Br)c1OCc1ccc(Cl)cc1Cl. The van der Waals surface area contributed by atoms with Gasteiger partial charge in [-0.05, 0) is 70.9 Å². The molecule has 0 saturated carbocycles. The standard InChI is InChI=1S/C23H21BrCl3NO3/c1-3-30-22-9-14(12-28-17-6-7-21(29-2)20(27)11-17)8-18(24)23(22)31-13-15-4-5-16(25)10-19(15)26/h4-11,28H,3,12-13H2,1-2H3. The summed E-state index contributed by atoms with van der Waals surface area (Å²) in [5, 5.41) is 5.04. The van der Waals surface area contributed by atoms with Gasteiger partial charge < -0.3 is 19.5 Å². The van der Waals surface area contributed by atoms with Gasteiger partial charge in [0, 0.05) is 27.8 Å². The highest BCUT2D eigenvalue weighted by Crippen LogP contribution is 2.38.